The third-order valence-electron chi connectivity index (χ3n) is 5.63. The van der Waals surface area contributed by atoms with Gasteiger partial charge in [0.2, 0.25) is 11.8 Å². The number of anilines is 1. The molecule has 1 saturated carbocycles. The number of pyridine rings is 1. The summed E-state index contributed by atoms with van der Waals surface area (Å²) in [5.74, 6) is 0.592. The summed E-state index contributed by atoms with van der Waals surface area (Å²) in [6, 6.07) is 5.88. The number of aromatic nitrogens is 2. The fourth-order valence-corrected chi connectivity index (χ4v) is 3.99. The number of nitrogens with one attached hydrogen (secondary N) is 2. The van der Waals surface area contributed by atoms with E-state index in [1.807, 2.05) is 29.3 Å². The van der Waals surface area contributed by atoms with Crippen molar-refractivity contribution in [2.24, 2.45) is 5.92 Å². The van der Waals surface area contributed by atoms with Crippen LogP contribution < -0.4 is 5.32 Å². The summed E-state index contributed by atoms with van der Waals surface area (Å²) < 4.78 is 0. The minimum absolute atomic E-state index is 0.0173. The van der Waals surface area contributed by atoms with Crippen LogP contribution in [0.1, 0.15) is 51.0 Å². The number of hydrogen-bond acceptors (Lipinski definition) is 4. The lowest BCUT2D eigenvalue weighted by atomic mass is 9.92. The number of fused-ring (bicyclic) bond motifs is 1. The molecule has 3 heterocycles. The Morgan fingerprint density at radius 2 is 2.24 bits per heavy atom. The van der Waals surface area contributed by atoms with Crippen LogP contribution in [0.5, 0.6) is 0 Å². The Labute approximate surface area is 169 Å². The number of hydrogen-bond donors (Lipinski definition) is 2. The van der Waals surface area contributed by atoms with E-state index in [0.717, 1.165) is 47.9 Å². The molecular formula is C22H25N5O2. The molecule has 0 spiro atoms. The first-order valence-corrected chi connectivity index (χ1v) is 10.3. The standard InChI is InChI=1S/C22H25N5O2/c1-2-3-16-12-15(8-11-27(16)20(28)6-9-23)18-13-19(26-22(29)14-4-5-14)25-21-17(18)7-10-24-21/h7,10,12-14,16H,2-6,8,11H2,1H3,(H2,24,25,26,29). The summed E-state index contributed by atoms with van der Waals surface area (Å²) in [5.41, 5.74) is 2.93. The monoisotopic (exact) mass is 391 g/mol. The maximum absolute atomic E-state index is 12.4. The predicted octanol–water partition coefficient (Wildman–Crippen LogP) is 3.61. The molecule has 2 aliphatic rings. The highest BCUT2D eigenvalue weighted by Crippen LogP contribution is 2.34. The molecule has 1 unspecified atom stereocenters. The third-order valence-corrected chi connectivity index (χ3v) is 5.63. The van der Waals surface area contributed by atoms with Gasteiger partial charge in [-0.2, -0.15) is 5.26 Å². The van der Waals surface area contributed by atoms with E-state index in [0.29, 0.717) is 18.8 Å². The Morgan fingerprint density at radius 3 is 2.97 bits per heavy atom. The van der Waals surface area contributed by atoms with Crippen molar-refractivity contribution in [1.29, 1.82) is 5.26 Å². The molecule has 0 aromatic carbocycles. The summed E-state index contributed by atoms with van der Waals surface area (Å²) in [6.07, 6.45) is 8.31. The van der Waals surface area contributed by atoms with Crippen molar-refractivity contribution in [1.82, 2.24) is 14.9 Å². The average molecular weight is 391 g/mol. The highest BCUT2D eigenvalue weighted by atomic mass is 16.2. The van der Waals surface area contributed by atoms with Crippen LogP contribution in [0.3, 0.4) is 0 Å². The van der Waals surface area contributed by atoms with Crippen LogP contribution in [-0.4, -0.2) is 39.3 Å². The molecule has 7 nitrogen and oxygen atoms in total. The van der Waals surface area contributed by atoms with E-state index in [9.17, 15) is 9.59 Å². The van der Waals surface area contributed by atoms with Crippen LogP contribution in [0.2, 0.25) is 0 Å². The zero-order valence-corrected chi connectivity index (χ0v) is 16.6. The van der Waals surface area contributed by atoms with Crippen molar-refractivity contribution in [2.45, 2.75) is 51.5 Å². The average Bonchev–Trinajstić information content (AvgIpc) is 3.46. The number of carbonyl (C=O) groups is 2. The van der Waals surface area contributed by atoms with Crippen molar-refractivity contribution < 1.29 is 9.59 Å². The van der Waals surface area contributed by atoms with Crippen molar-refractivity contribution in [3.8, 4) is 6.07 Å². The molecule has 7 heteroatoms. The van der Waals surface area contributed by atoms with Crippen LogP contribution >= 0.6 is 0 Å². The summed E-state index contributed by atoms with van der Waals surface area (Å²) in [4.78, 5) is 34.1. The fourth-order valence-electron chi connectivity index (χ4n) is 3.99. The molecule has 2 N–H and O–H groups in total. The molecule has 1 atom stereocenters. The molecule has 1 aliphatic heterocycles. The van der Waals surface area contributed by atoms with Gasteiger partial charge in [0, 0.05) is 24.0 Å². The Kier molecular flexibility index (Phi) is 5.34. The molecule has 4 rings (SSSR count). The molecule has 150 valence electrons. The van der Waals surface area contributed by atoms with E-state index in [1.54, 1.807) is 0 Å². The number of nitriles is 1. The molecule has 29 heavy (non-hydrogen) atoms. The van der Waals surface area contributed by atoms with E-state index in [2.05, 4.69) is 28.3 Å². The molecule has 0 saturated heterocycles. The number of nitrogens with zero attached hydrogens (tertiary/aromatic N) is 3. The molecule has 2 aromatic rings. The minimum atomic E-state index is -0.111. The third kappa shape index (κ3) is 4.02. The fraction of sp³-hybridized carbons (Fsp3) is 0.455. The summed E-state index contributed by atoms with van der Waals surface area (Å²) in [5, 5.41) is 12.9. The van der Waals surface area contributed by atoms with Crippen molar-refractivity contribution >= 4 is 34.2 Å². The van der Waals surface area contributed by atoms with Gasteiger partial charge in [0.1, 0.15) is 17.9 Å². The van der Waals surface area contributed by atoms with E-state index >= 15 is 0 Å². The van der Waals surface area contributed by atoms with Gasteiger partial charge in [-0.25, -0.2) is 4.98 Å². The van der Waals surface area contributed by atoms with Crippen LogP contribution in [0.15, 0.2) is 24.4 Å². The summed E-state index contributed by atoms with van der Waals surface area (Å²) in [6.45, 7) is 2.69. The van der Waals surface area contributed by atoms with Gasteiger partial charge < -0.3 is 15.2 Å². The minimum Gasteiger partial charge on any atom is -0.346 e. The Balaban J connectivity index is 1.68. The van der Waals surface area contributed by atoms with Gasteiger partial charge >= 0.3 is 0 Å². The van der Waals surface area contributed by atoms with Gasteiger partial charge in [0.15, 0.2) is 0 Å². The van der Waals surface area contributed by atoms with Gasteiger partial charge in [-0.1, -0.05) is 19.4 Å². The van der Waals surface area contributed by atoms with E-state index in [1.165, 1.54) is 0 Å². The predicted molar refractivity (Wildman–Crippen MR) is 111 cm³/mol. The molecule has 1 aliphatic carbocycles. The topological polar surface area (TPSA) is 102 Å². The maximum Gasteiger partial charge on any atom is 0.237 e. The van der Waals surface area contributed by atoms with Crippen molar-refractivity contribution in [2.75, 3.05) is 11.9 Å². The van der Waals surface area contributed by atoms with Crippen LogP contribution in [-0.2, 0) is 9.59 Å². The number of H-pyrrole nitrogens is 1. The second kappa shape index (κ2) is 8.08. The lowest BCUT2D eigenvalue weighted by Crippen LogP contribution is -2.42. The lowest BCUT2D eigenvalue weighted by Gasteiger charge is -2.34. The van der Waals surface area contributed by atoms with Crippen molar-refractivity contribution in [3.05, 3.63) is 30.0 Å². The van der Waals surface area contributed by atoms with Crippen LogP contribution in [0, 0.1) is 17.2 Å². The number of amides is 2. The van der Waals surface area contributed by atoms with E-state index < -0.39 is 0 Å². The van der Waals surface area contributed by atoms with Crippen molar-refractivity contribution in [3.63, 3.8) is 0 Å². The number of carbonyl (C=O) groups excluding carboxylic acids is 2. The molecule has 0 radical (unpaired) electrons. The normalized spacial score (nSPS) is 19.0. The second-order valence-electron chi connectivity index (χ2n) is 7.78. The molecule has 2 amide bonds. The molecule has 0 bridgehead atoms. The zero-order valence-electron chi connectivity index (χ0n) is 16.6. The number of rotatable bonds is 6. The largest absolute Gasteiger partial charge is 0.346 e. The zero-order chi connectivity index (χ0) is 20.4. The SMILES string of the molecule is CCCC1C=C(c2cc(NC(=O)C3CC3)nc3[nH]ccc23)CCN1C(=O)CC#N. The molecule has 1 fully saturated rings. The van der Waals surface area contributed by atoms with Gasteiger partial charge in [-0.15, -0.1) is 0 Å². The van der Waals surface area contributed by atoms with Crippen LogP contribution in [0.25, 0.3) is 16.6 Å². The first kappa shape index (κ1) is 19.2. The summed E-state index contributed by atoms with van der Waals surface area (Å²) >= 11 is 0. The molecular weight excluding hydrogens is 366 g/mol. The van der Waals surface area contributed by atoms with Gasteiger partial charge in [0.05, 0.1) is 12.1 Å². The van der Waals surface area contributed by atoms with Gasteiger partial charge in [-0.3, -0.25) is 9.59 Å². The Bertz CT molecular complexity index is 1010. The lowest BCUT2D eigenvalue weighted by molar-refractivity contribution is -0.131. The second-order valence-corrected chi connectivity index (χ2v) is 7.78. The van der Waals surface area contributed by atoms with Gasteiger partial charge in [0.25, 0.3) is 0 Å². The first-order valence-electron chi connectivity index (χ1n) is 10.3. The Hall–Kier alpha value is -3.14. The highest BCUT2D eigenvalue weighted by molar-refractivity contribution is 5.97. The number of aromatic amines is 1. The summed E-state index contributed by atoms with van der Waals surface area (Å²) in [7, 11) is 0. The first-order chi connectivity index (χ1) is 14.1. The highest BCUT2D eigenvalue weighted by Gasteiger charge is 2.30. The molecule has 2 aromatic heterocycles. The van der Waals surface area contributed by atoms with E-state index in [4.69, 9.17) is 5.26 Å². The maximum atomic E-state index is 12.4. The smallest absolute Gasteiger partial charge is 0.237 e. The Morgan fingerprint density at radius 1 is 1.41 bits per heavy atom. The van der Waals surface area contributed by atoms with E-state index in [-0.39, 0.29) is 30.2 Å². The van der Waals surface area contributed by atoms with Gasteiger partial charge in [-0.05, 0) is 49.0 Å². The quantitative estimate of drug-likeness (QED) is 0.785. The van der Waals surface area contributed by atoms with Crippen LogP contribution in [0.4, 0.5) is 5.82 Å².